The van der Waals surface area contributed by atoms with E-state index < -0.39 is 0 Å². The van der Waals surface area contributed by atoms with Gasteiger partial charge in [-0.05, 0) is 24.5 Å². The second-order valence-electron chi connectivity index (χ2n) is 8.50. The Morgan fingerprint density at radius 1 is 1.09 bits per heavy atom. The fourth-order valence-electron chi connectivity index (χ4n) is 4.04. The van der Waals surface area contributed by atoms with Crippen molar-refractivity contribution in [1.82, 2.24) is 9.55 Å². The minimum absolute atomic E-state index is 0.0742. The van der Waals surface area contributed by atoms with E-state index in [0.29, 0.717) is 25.1 Å². The van der Waals surface area contributed by atoms with Gasteiger partial charge in [-0.1, -0.05) is 79.3 Å². The third-order valence-electron chi connectivity index (χ3n) is 6.18. The summed E-state index contributed by atoms with van der Waals surface area (Å²) in [5.74, 6) is 0.814. The number of nitrogens with zero attached hydrogens (tertiary/aromatic N) is 2. The molecule has 1 aliphatic rings. The Labute approximate surface area is 196 Å². The van der Waals surface area contributed by atoms with Crippen molar-refractivity contribution in [3.63, 3.8) is 0 Å². The average molecular weight is 463 g/mol. The van der Waals surface area contributed by atoms with Gasteiger partial charge < -0.3 is 9.30 Å². The van der Waals surface area contributed by atoms with Crippen LogP contribution < -0.4 is 5.43 Å². The minimum atomic E-state index is -0.274. The van der Waals surface area contributed by atoms with E-state index in [-0.39, 0.29) is 11.0 Å². The number of thioether (sulfide) groups is 1. The van der Waals surface area contributed by atoms with Crippen molar-refractivity contribution in [2.24, 2.45) is 0 Å². The van der Waals surface area contributed by atoms with Gasteiger partial charge in [-0.2, -0.15) is 0 Å². The molecule has 0 saturated heterocycles. The average Bonchev–Trinajstić information content (AvgIpc) is 3.17. The zero-order valence-electron chi connectivity index (χ0n) is 18.3. The van der Waals surface area contributed by atoms with Crippen molar-refractivity contribution >= 4 is 33.4 Å². The summed E-state index contributed by atoms with van der Waals surface area (Å²) >= 11 is 3.35. The van der Waals surface area contributed by atoms with Crippen LogP contribution in [0, 0.1) is 0 Å². The first-order valence-electron chi connectivity index (χ1n) is 11.0. The third-order valence-corrected chi connectivity index (χ3v) is 8.44. The van der Waals surface area contributed by atoms with E-state index in [1.807, 2.05) is 12.1 Å². The maximum atomic E-state index is 13.5. The van der Waals surface area contributed by atoms with Crippen LogP contribution in [0.1, 0.15) is 41.8 Å². The van der Waals surface area contributed by atoms with Crippen molar-refractivity contribution in [2.75, 3.05) is 0 Å². The highest BCUT2D eigenvalue weighted by molar-refractivity contribution is 7.98. The van der Waals surface area contributed by atoms with Crippen LogP contribution >= 0.6 is 23.1 Å². The zero-order valence-corrected chi connectivity index (χ0v) is 20.0. The largest absolute Gasteiger partial charge is 0.369 e. The Morgan fingerprint density at radius 3 is 2.47 bits per heavy atom. The Balaban J connectivity index is 1.60. The summed E-state index contributed by atoms with van der Waals surface area (Å²) in [6, 6.07) is 20.8. The molecule has 164 valence electrons. The van der Waals surface area contributed by atoms with Crippen LogP contribution in [0.5, 0.6) is 0 Å². The molecule has 3 heterocycles. The molecule has 4 aromatic rings. The molecule has 2 aromatic heterocycles. The van der Waals surface area contributed by atoms with Crippen LogP contribution in [-0.4, -0.2) is 15.2 Å². The molecule has 0 aliphatic carbocycles. The Kier molecular flexibility index (Phi) is 5.93. The van der Waals surface area contributed by atoms with Crippen molar-refractivity contribution in [3.8, 4) is 0 Å². The quantitative estimate of drug-likeness (QED) is 0.328. The normalized spacial score (nSPS) is 18.1. The molecule has 5 rings (SSSR count). The van der Waals surface area contributed by atoms with Crippen molar-refractivity contribution < 1.29 is 4.74 Å². The predicted molar refractivity (Wildman–Crippen MR) is 133 cm³/mol. The van der Waals surface area contributed by atoms with Gasteiger partial charge in [0.05, 0.1) is 18.8 Å². The Hall–Kier alpha value is -2.41. The fourth-order valence-corrected chi connectivity index (χ4v) is 6.19. The lowest BCUT2D eigenvalue weighted by Gasteiger charge is -2.33. The molecular formula is C26H26N2O2S2. The summed E-state index contributed by atoms with van der Waals surface area (Å²) in [5.41, 5.74) is 3.73. The number of aromatic nitrogens is 2. The maximum Gasteiger partial charge on any atom is 0.211 e. The maximum absolute atomic E-state index is 13.5. The van der Waals surface area contributed by atoms with E-state index in [4.69, 9.17) is 9.72 Å². The summed E-state index contributed by atoms with van der Waals surface area (Å²) in [4.78, 5) is 20.4. The van der Waals surface area contributed by atoms with Gasteiger partial charge in [0.15, 0.2) is 5.16 Å². The highest BCUT2D eigenvalue weighted by Crippen LogP contribution is 2.35. The molecule has 0 fully saturated rings. The van der Waals surface area contributed by atoms with Crippen LogP contribution in [0.3, 0.4) is 0 Å². The summed E-state index contributed by atoms with van der Waals surface area (Å²) in [5, 5.41) is 0.891. The molecule has 0 spiro atoms. The summed E-state index contributed by atoms with van der Waals surface area (Å²) < 4.78 is 8.36. The van der Waals surface area contributed by atoms with Crippen molar-refractivity contribution in [1.29, 1.82) is 0 Å². The van der Waals surface area contributed by atoms with Gasteiger partial charge in [-0.3, -0.25) is 4.79 Å². The predicted octanol–water partition coefficient (Wildman–Crippen LogP) is 6.04. The number of hydrogen-bond donors (Lipinski definition) is 0. The second kappa shape index (κ2) is 8.85. The highest BCUT2D eigenvalue weighted by Gasteiger charge is 2.33. The monoisotopic (exact) mass is 462 g/mol. The fraction of sp³-hybridized carbons (Fsp3) is 0.308. The van der Waals surface area contributed by atoms with Gasteiger partial charge in [0.25, 0.3) is 0 Å². The molecule has 0 N–H and O–H groups in total. The first-order valence-corrected chi connectivity index (χ1v) is 12.8. The minimum Gasteiger partial charge on any atom is -0.369 e. The molecule has 0 radical (unpaired) electrons. The van der Waals surface area contributed by atoms with E-state index in [0.717, 1.165) is 32.6 Å². The number of fused-ring (bicyclic) bond motifs is 2. The van der Waals surface area contributed by atoms with Gasteiger partial charge in [-0.25, -0.2) is 4.98 Å². The van der Waals surface area contributed by atoms with Gasteiger partial charge in [-0.15, -0.1) is 11.3 Å². The van der Waals surface area contributed by atoms with E-state index in [2.05, 4.69) is 66.9 Å². The number of imidazole rings is 1. The van der Waals surface area contributed by atoms with Crippen LogP contribution in [0.25, 0.3) is 10.3 Å². The Bertz CT molecular complexity index is 1300. The number of ether oxygens (including phenoxy) is 1. The van der Waals surface area contributed by atoms with Crippen LogP contribution in [0.15, 0.2) is 70.6 Å². The molecule has 32 heavy (non-hydrogen) atoms. The molecule has 2 aromatic carbocycles. The molecular weight excluding hydrogens is 436 g/mol. The molecule has 0 amide bonds. The standard InChI is InChI=1S/C26H26N2O2S2/c1-3-26(2)14-20-21(16-30-26)32-24-22(23(20)29)27-25(31-17-19-12-8-5-9-13-19)28(24)15-18-10-6-4-7-11-18/h4-13H,3,14-17H2,1-2H3. The van der Waals surface area contributed by atoms with E-state index in [1.54, 1.807) is 23.1 Å². The van der Waals surface area contributed by atoms with Crippen LogP contribution in [-0.2, 0) is 30.1 Å². The molecule has 4 nitrogen and oxygen atoms in total. The molecule has 0 saturated carbocycles. The lowest BCUT2D eigenvalue weighted by molar-refractivity contribution is -0.0550. The molecule has 1 unspecified atom stereocenters. The first kappa shape index (κ1) is 21.4. The SMILES string of the molecule is CCC1(C)Cc2c(sc3c(nc(SCc4ccccc4)n3Cc3ccccc3)c2=O)CO1. The zero-order chi connectivity index (χ0) is 22.1. The summed E-state index contributed by atoms with van der Waals surface area (Å²) in [7, 11) is 0. The molecule has 0 bridgehead atoms. The summed E-state index contributed by atoms with van der Waals surface area (Å²) in [6.07, 6.45) is 1.54. The van der Waals surface area contributed by atoms with Gasteiger partial charge in [0.2, 0.25) is 5.43 Å². The second-order valence-corrected chi connectivity index (χ2v) is 10.5. The van der Waals surface area contributed by atoms with Crippen LogP contribution in [0.4, 0.5) is 0 Å². The molecule has 6 heteroatoms. The van der Waals surface area contributed by atoms with Crippen molar-refractivity contribution in [3.05, 3.63) is 92.5 Å². The molecule has 1 atom stereocenters. The van der Waals surface area contributed by atoms with E-state index >= 15 is 0 Å². The van der Waals surface area contributed by atoms with Crippen molar-refractivity contribution in [2.45, 2.75) is 56.4 Å². The third kappa shape index (κ3) is 4.15. The topological polar surface area (TPSA) is 44.1 Å². The van der Waals surface area contributed by atoms with Gasteiger partial charge >= 0.3 is 0 Å². The molecule has 1 aliphatic heterocycles. The lowest BCUT2D eigenvalue weighted by atomic mass is 9.91. The van der Waals surface area contributed by atoms with E-state index in [1.165, 1.54) is 11.1 Å². The first-order chi connectivity index (χ1) is 15.6. The lowest BCUT2D eigenvalue weighted by Crippen LogP contribution is -2.37. The number of hydrogen-bond acceptors (Lipinski definition) is 5. The van der Waals surface area contributed by atoms with Crippen LogP contribution in [0.2, 0.25) is 0 Å². The highest BCUT2D eigenvalue weighted by atomic mass is 32.2. The number of rotatable bonds is 6. The smallest absolute Gasteiger partial charge is 0.211 e. The van der Waals surface area contributed by atoms with Gasteiger partial charge in [0.1, 0.15) is 10.3 Å². The Morgan fingerprint density at radius 2 is 1.78 bits per heavy atom. The van der Waals surface area contributed by atoms with E-state index in [9.17, 15) is 4.79 Å². The van der Waals surface area contributed by atoms with Gasteiger partial charge in [0, 0.05) is 22.6 Å². The number of benzene rings is 2. The summed E-state index contributed by atoms with van der Waals surface area (Å²) in [6.45, 7) is 5.40.